The van der Waals surface area contributed by atoms with Gasteiger partial charge in [0.25, 0.3) is 0 Å². The lowest BCUT2D eigenvalue weighted by Gasteiger charge is -2.57. The number of benzene rings is 6. The highest BCUT2D eigenvalue weighted by Gasteiger charge is 2.54. The summed E-state index contributed by atoms with van der Waals surface area (Å²) in [5, 5.41) is 14.4. The summed E-state index contributed by atoms with van der Waals surface area (Å²) in [4.78, 5) is 16.2. The molecule has 8 aliphatic carbocycles. The molecule has 8 bridgehead atoms. The molecule has 5 nitrogen and oxygen atoms in total. The fourth-order valence-electron chi connectivity index (χ4n) is 14.4. The van der Waals surface area contributed by atoms with Crippen LogP contribution in [0.25, 0.3) is 43.8 Å². The molecule has 63 heavy (non-hydrogen) atoms. The third-order valence-electron chi connectivity index (χ3n) is 16.1. The summed E-state index contributed by atoms with van der Waals surface area (Å²) in [6.45, 7) is 0.0879. The van der Waals surface area contributed by atoms with E-state index in [-0.39, 0.29) is 27.6 Å². The highest BCUT2D eigenvalue weighted by Crippen LogP contribution is 2.63. The van der Waals surface area contributed by atoms with Crippen molar-refractivity contribution in [1.82, 2.24) is 0 Å². The van der Waals surface area contributed by atoms with Gasteiger partial charge in [-0.05, 0) is 215 Å². The zero-order valence-corrected chi connectivity index (χ0v) is 35.7. The van der Waals surface area contributed by atoms with Crippen molar-refractivity contribution in [3.8, 4) is 33.8 Å². The summed E-state index contributed by atoms with van der Waals surface area (Å²) in [5.41, 5.74) is 9.77. The zero-order chi connectivity index (χ0) is 41.7. The molecular formula is C58H66O5. The summed E-state index contributed by atoms with van der Waals surface area (Å²) < 4.78 is 11.8. The smallest absolute Gasteiger partial charge is 0.373 e. The molecule has 0 saturated heterocycles. The Hall–Kier alpha value is -5.22. The predicted octanol–water partition coefficient (Wildman–Crippen LogP) is 14.1. The molecule has 6 aromatic carbocycles. The Morgan fingerprint density at radius 1 is 0.476 bits per heavy atom. The van der Waals surface area contributed by atoms with Crippen molar-refractivity contribution in [2.45, 2.75) is 109 Å². The van der Waals surface area contributed by atoms with E-state index in [0.29, 0.717) is 10.8 Å². The fourth-order valence-corrected chi connectivity index (χ4v) is 14.4. The van der Waals surface area contributed by atoms with Gasteiger partial charge in [0.2, 0.25) is 0 Å². The lowest BCUT2D eigenvalue weighted by molar-refractivity contribution is -0.191. The summed E-state index contributed by atoms with van der Waals surface area (Å²) in [6, 6.07) is 42.2. The summed E-state index contributed by atoms with van der Waals surface area (Å²) in [6.07, 6.45) is 17.2. The standard InChI is InChI=1S/C28H30O2.C27H28O.CO2.2CH4/c1-30-27-7-6-25(24-5-4-22-11-18(17-29)2-3-23(22)12-24)13-26(27)28-14-19-8-20(15-28)10-21(9-19)16-28;1-28-26-9-8-24(23-7-6-21-4-2-3-5-22(21)13-23)14-25(26)27-15-18-10-19(16-27)12-20(11-18)17-27;2-1-3;;/h2-7,11-13,19-21,29H,8-10,14-17H2,1H3;2-9,13-14,18-20H,10-12,15-17H2,1H3;;2*1H4. The SMILES string of the molecule is C.C.COc1ccc(-c2ccc3cc(CO)ccc3c2)cc1C12CC3CC(CC(C3)C1)C2.COc1ccc(-c2ccc3ccccc3c2)cc1C12CC3CC(CC(C3)C1)C2.O=C=O. The Morgan fingerprint density at radius 2 is 0.810 bits per heavy atom. The van der Waals surface area contributed by atoms with E-state index in [2.05, 4.69) is 109 Å². The van der Waals surface area contributed by atoms with Crippen LogP contribution in [0.15, 0.2) is 115 Å². The molecule has 0 amide bonds. The van der Waals surface area contributed by atoms with Gasteiger partial charge in [0.1, 0.15) is 11.5 Å². The van der Waals surface area contributed by atoms with E-state index in [0.717, 1.165) is 52.6 Å². The second-order valence-electron chi connectivity index (χ2n) is 19.9. The van der Waals surface area contributed by atoms with E-state index >= 15 is 0 Å². The van der Waals surface area contributed by atoms with Crippen molar-refractivity contribution in [1.29, 1.82) is 0 Å². The number of fused-ring (bicyclic) bond motifs is 2. The van der Waals surface area contributed by atoms with Gasteiger partial charge in [-0.1, -0.05) is 87.6 Å². The highest BCUT2D eigenvalue weighted by molar-refractivity contribution is 5.89. The molecule has 0 atom stereocenters. The lowest BCUT2D eigenvalue weighted by atomic mass is 9.48. The van der Waals surface area contributed by atoms with Crippen LogP contribution in [-0.2, 0) is 27.0 Å². The number of hydrogen-bond acceptors (Lipinski definition) is 5. The molecule has 0 heterocycles. The van der Waals surface area contributed by atoms with Gasteiger partial charge in [-0.3, -0.25) is 0 Å². The van der Waals surface area contributed by atoms with Crippen LogP contribution < -0.4 is 9.47 Å². The van der Waals surface area contributed by atoms with Gasteiger partial charge in [-0.2, -0.15) is 9.59 Å². The number of ether oxygens (including phenoxy) is 2. The summed E-state index contributed by atoms with van der Waals surface area (Å²) in [7, 11) is 3.67. The molecule has 0 aromatic heterocycles. The van der Waals surface area contributed by atoms with Crippen LogP contribution in [0.1, 0.15) is 109 Å². The van der Waals surface area contributed by atoms with Crippen LogP contribution in [0.5, 0.6) is 11.5 Å². The minimum Gasteiger partial charge on any atom is -0.496 e. The van der Waals surface area contributed by atoms with Crippen LogP contribution in [0.3, 0.4) is 0 Å². The number of hydrogen-bond donors (Lipinski definition) is 1. The van der Waals surface area contributed by atoms with E-state index in [4.69, 9.17) is 19.1 Å². The first kappa shape index (κ1) is 44.4. The van der Waals surface area contributed by atoms with Crippen LogP contribution in [-0.4, -0.2) is 25.5 Å². The number of rotatable bonds is 7. The van der Waals surface area contributed by atoms with Crippen molar-refractivity contribution in [3.63, 3.8) is 0 Å². The topological polar surface area (TPSA) is 72.8 Å². The average molecular weight is 843 g/mol. The normalized spacial score (nSPS) is 27.8. The fraction of sp³-hybridized carbons (Fsp3) is 0.431. The third-order valence-corrected chi connectivity index (χ3v) is 16.1. The molecule has 0 unspecified atom stereocenters. The number of aliphatic hydroxyl groups excluding tert-OH is 1. The largest absolute Gasteiger partial charge is 0.496 e. The number of methoxy groups -OCH3 is 2. The van der Waals surface area contributed by atoms with Gasteiger partial charge in [0, 0.05) is 11.1 Å². The number of aliphatic hydroxyl groups is 1. The van der Waals surface area contributed by atoms with Crippen molar-refractivity contribution < 1.29 is 24.2 Å². The van der Waals surface area contributed by atoms with Crippen LogP contribution in [0, 0.1) is 35.5 Å². The molecular weight excluding hydrogens is 777 g/mol. The van der Waals surface area contributed by atoms with E-state index in [9.17, 15) is 5.11 Å². The minimum atomic E-state index is 0. The van der Waals surface area contributed by atoms with E-state index in [1.165, 1.54) is 132 Å². The molecule has 0 spiro atoms. The predicted molar refractivity (Wildman–Crippen MR) is 256 cm³/mol. The quantitative estimate of drug-likeness (QED) is 0.173. The van der Waals surface area contributed by atoms with Crippen molar-refractivity contribution in [3.05, 3.63) is 132 Å². The Morgan fingerprint density at radius 3 is 1.22 bits per heavy atom. The molecule has 8 aliphatic rings. The Labute approximate surface area is 375 Å². The molecule has 0 aliphatic heterocycles. The first-order chi connectivity index (χ1) is 29.8. The van der Waals surface area contributed by atoms with Gasteiger partial charge >= 0.3 is 6.15 Å². The maximum atomic E-state index is 9.41. The summed E-state index contributed by atoms with van der Waals surface area (Å²) in [5.74, 6) is 7.78. The Balaban J connectivity index is 0.000000158. The second kappa shape index (κ2) is 18.1. The molecule has 8 fully saturated rings. The average Bonchev–Trinajstić information content (AvgIpc) is 3.27. The molecule has 8 saturated carbocycles. The second-order valence-corrected chi connectivity index (χ2v) is 19.9. The molecule has 5 heteroatoms. The van der Waals surface area contributed by atoms with Crippen molar-refractivity contribution in [2.24, 2.45) is 35.5 Å². The van der Waals surface area contributed by atoms with Gasteiger partial charge < -0.3 is 14.6 Å². The van der Waals surface area contributed by atoms with Crippen LogP contribution >= 0.6 is 0 Å². The maximum Gasteiger partial charge on any atom is 0.373 e. The first-order valence-electron chi connectivity index (χ1n) is 22.8. The minimum absolute atomic E-state index is 0. The molecule has 328 valence electrons. The van der Waals surface area contributed by atoms with E-state index in [1.807, 2.05) is 20.3 Å². The van der Waals surface area contributed by atoms with Crippen LogP contribution in [0.2, 0.25) is 0 Å². The van der Waals surface area contributed by atoms with E-state index < -0.39 is 0 Å². The van der Waals surface area contributed by atoms with Crippen molar-refractivity contribution in [2.75, 3.05) is 14.2 Å². The van der Waals surface area contributed by atoms with Gasteiger partial charge in [-0.15, -0.1) is 0 Å². The maximum absolute atomic E-state index is 9.41. The first-order valence-corrected chi connectivity index (χ1v) is 22.8. The van der Waals surface area contributed by atoms with Gasteiger partial charge in [-0.25, -0.2) is 0 Å². The van der Waals surface area contributed by atoms with Gasteiger partial charge in [0.15, 0.2) is 0 Å². The zero-order valence-electron chi connectivity index (χ0n) is 35.7. The molecule has 1 N–H and O–H groups in total. The number of carbonyl (C=O) groups excluding carboxylic acids is 2. The van der Waals surface area contributed by atoms with E-state index in [1.54, 1.807) is 0 Å². The molecule has 6 aromatic rings. The monoisotopic (exact) mass is 842 g/mol. The third kappa shape index (κ3) is 8.36. The molecule has 0 radical (unpaired) electrons. The van der Waals surface area contributed by atoms with Crippen LogP contribution in [0.4, 0.5) is 0 Å². The Bertz CT molecular complexity index is 2540. The highest BCUT2D eigenvalue weighted by atomic mass is 16.5. The molecule has 14 rings (SSSR count). The van der Waals surface area contributed by atoms with Gasteiger partial charge in [0.05, 0.1) is 20.8 Å². The summed E-state index contributed by atoms with van der Waals surface area (Å²) >= 11 is 0. The lowest BCUT2D eigenvalue weighted by Crippen LogP contribution is -2.48. The Kier molecular flexibility index (Phi) is 12.8. The van der Waals surface area contributed by atoms with Crippen molar-refractivity contribution >= 4 is 27.7 Å².